The van der Waals surface area contributed by atoms with Gasteiger partial charge in [0.05, 0.1) is 6.61 Å². The van der Waals surface area contributed by atoms with Gasteiger partial charge in [-0.25, -0.2) is 9.18 Å². The molecule has 98 valence electrons. The van der Waals surface area contributed by atoms with Gasteiger partial charge >= 0.3 is 5.97 Å². The lowest BCUT2D eigenvalue weighted by Gasteiger charge is -2.38. The van der Waals surface area contributed by atoms with Gasteiger partial charge in [0.2, 0.25) is 0 Å². The number of rotatable bonds is 3. The summed E-state index contributed by atoms with van der Waals surface area (Å²) in [6, 6.07) is 5.85. The van der Waals surface area contributed by atoms with E-state index in [4.69, 9.17) is 4.74 Å². The van der Waals surface area contributed by atoms with Crippen LogP contribution in [0.3, 0.4) is 0 Å². The highest BCUT2D eigenvalue weighted by Gasteiger charge is 2.43. The topological polar surface area (TPSA) is 49.8 Å². The molecule has 1 heterocycles. The molecule has 0 radical (unpaired) electrons. The first kappa shape index (κ1) is 13.0. The van der Waals surface area contributed by atoms with E-state index in [1.54, 1.807) is 12.1 Å². The largest absolute Gasteiger partial charge is 0.479 e. The molecule has 4 nitrogen and oxygen atoms in total. The van der Waals surface area contributed by atoms with Gasteiger partial charge in [0, 0.05) is 19.5 Å². The molecule has 1 fully saturated rings. The van der Waals surface area contributed by atoms with Crippen molar-refractivity contribution >= 4 is 5.97 Å². The molecule has 18 heavy (non-hydrogen) atoms. The first-order chi connectivity index (χ1) is 8.52. The SMILES string of the molecule is CN1CCO[C@@](Cc2ccc(F)cc2)(C(=O)O)C1. The minimum absolute atomic E-state index is 0.243. The Bertz CT molecular complexity index is 434. The maximum absolute atomic E-state index is 12.8. The highest BCUT2D eigenvalue weighted by atomic mass is 19.1. The average Bonchev–Trinajstić information content (AvgIpc) is 2.32. The van der Waals surface area contributed by atoms with Crippen molar-refractivity contribution in [3.05, 3.63) is 35.6 Å². The van der Waals surface area contributed by atoms with Crippen molar-refractivity contribution in [2.75, 3.05) is 26.7 Å². The Morgan fingerprint density at radius 3 is 2.72 bits per heavy atom. The molecule has 1 aliphatic rings. The van der Waals surface area contributed by atoms with Crippen LogP contribution in [-0.2, 0) is 16.0 Å². The molecule has 0 bridgehead atoms. The Balaban J connectivity index is 2.20. The third kappa shape index (κ3) is 2.68. The van der Waals surface area contributed by atoms with Gasteiger partial charge in [-0.3, -0.25) is 0 Å². The van der Waals surface area contributed by atoms with Gasteiger partial charge in [0.25, 0.3) is 0 Å². The second-order valence-corrected chi connectivity index (χ2v) is 4.69. The molecule has 0 amide bonds. The van der Waals surface area contributed by atoms with Gasteiger partial charge in [-0.15, -0.1) is 0 Å². The Hall–Kier alpha value is -1.46. The number of hydrogen-bond donors (Lipinski definition) is 1. The zero-order valence-corrected chi connectivity index (χ0v) is 10.2. The number of likely N-dealkylation sites (N-methyl/N-ethyl adjacent to an activating group) is 1. The number of aliphatic carboxylic acids is 1. The van der Waals surface area contributed by atoms with Gasteiger partial charge < -0.3 is 14.7 Å². The van der Waals surface area contributed by atoms with E-state index in [0.29, 0.717) is 13.2 Å². The molecule has 0 unspecified atom stereocenters. The van der Waals surface area contributed by atoms with Gasteiger partial charge in [-0.1, -0.05) is 12.1 Å². The summed E-state index contributed by atoms with van der Waals surface area (Å²) in [4.78, 5) is 13.4. The molecule has 0 aliphatic carbocycles. The van der Waals surface area contributed by atoms with Gasteiger partial charge in [0.15, 0.2) is 5.60 Å². The molecule has 5 heteroatoms. The molecule has 1 atom stereocenters. The van der Waals surface area contributed by atoms with E-state index in [0.717, 1.165) is 12.1 Å². The fraction of sp³-hybridized carbons (Fsp3) is 0.462. The number of morpholine rings is 1. The fourth-order valence-electron chi connectivity index (χ4n) is 2.20. The van der Waals surface area contributed by atoms with E-state index in [1.165, 1.54) is 12.1 Å². The first-order valence-corrected chi connectivity index (χ1v) is 5.82. The smallest absolute Gasteiger partial charge is 0.337 e. The minimum Gasteiger partial charge on any atom is -0.479 e. The molecule has 2 rings (SSSR count). The maximum atomic E-state index is 12.8. The van der Waals surface area contributed by atoms with Crippen LogP contribution in [0.25, 0.3) is 0 Å². The normalized spacial score (nSPS) is 25.0. The Morgan fingerprint density at radius 2 is 2.17 bits per heavy atom. The number of carboxylic acids is 1. The third-order valence-electron chi connectivity index (χ3n) is 3.17. The summed E-state index contributed by atoms with van der Waals surface area (Å²) in [5, 5.41) is 9.40. The lowest BCUT2D eigenvalue weighted by Crippen LogP contribution is -2.56. The molecule has 1 N–H and O–H groups in total. The first-order valence-electron chi connectivity index (χ1n) is 5.82. The fourth-order valence-corrected chi connectivity index (χ4v) is 2.20. The number of hydrogen-bond acceptors (Lipinski definition) is 3. The molecule has 0 spiro atoms. The molecular weight excluding hydrogens is 237 g/mol. The Kier molecular flexibility index (Phi) is 3.63. The van der Waals surface area contributed by atoms with Gasteiger partial charge in [-0.2, -0.15) is 0 Å². The number of carbonyl (C=O) groups is 1. The Morgan fingerprint density at radius 1 is 1.50 bits per heavy atom. The summed E-state index contributed by atoms with van der Waals surface area (Å²) in [5.41, 5.74) is -0.473. The van der Waals surface area contributed by atoms with Gasteiger partial charge in [-0.05, 0) is 24.7 Å². The Labute approximate surface area is 105 Å². The van der Waals surface area contributed by atoms with Crippen LogP contribution in [0, 0.1) is 5.82 Å². The van der Waals surface area contributed by atoms with Crippen LogP contribution in [0.4, 0.5) is 4.39 Å². The van der Waals surface area contributed by atoms with E-state index in [1.807, 2.05) is 11.9 Å². The van der Waals surface area contributed by atoms with Crippen LogP contribution >= 0.6 is 0 Å². The molecule has 1 aromatic rings. The van der Waals surface area contributed by atoms with Crippen molar-refractivity contribution < 1.29 is 19.0 Å². The van der Waals surface area contributed by atoms with Gasteiger partial charge in [0.1, 0.15) is 5.82 Å². The zero-order valence-electron chi connectivity index (χ0n) is 10.2. The molecule has 1 aliphatic heterocycles. The van der Waals surface area contributed by atoms with Crippen molar-refractivity contribution in [1.29, 1.82) is 0 Å². The predicted molar refractivity (Wildman–Crippen MR) is 63.9 cm³/mol. The lowest BCUT2D eigenvalue weighted by atomic mass is 9.92. The average molecular weight is 253 g/mol. The highest BCUT2D eigenvalue weighted by molar-refractivity contribution is 5.78. The zero-order chi connectivity index (χ0) is 13.2. The van der Waals surface area contributed by atoms with Crippen molar-refractivity contribution in [3.8, 4) is 0 Å². The van der Waals surface area contributed by atoms with E-state index < -0.39 is 11.6 Å². The van der Waals surface area contributed by atoms with Crippen LogP contribution < -0.4 is 0 Å². The highest BCUT2D eigenvalue weighted by Crippen LogP contribution is 2.23. The number of ether oxygens (including phenoxy) is 1. The van der Waals surface area contributed by atoms with Crippen LogP contribution in [0.5, 0.6) is 0 Å². The standard InChI is InChI=1S/C13H16FNO3/c1-15-6-7-18-13(9-15,12(16)17)8-10-2-4-11(14)5-3-10/h2-5H,6-9H2,1H3,(H,16,17)/t13-/m1/s1. The summed E-state index contributed by atoms with van der Waals surface area (Å²) < 4.78 is 18.3. The minimum atomic E-state index is -1.23. The van der Waals surface area contributed by atoms with E-state index in [9.17, 15) is 14.3 Å². The van der Waals surface area contributed by atoms with Crippen molar-refractivity contribution in [3.63, 3.8) is 0 Å². The molecule has 0 aromatic heterocycles. The van der Waals surface area contributed by atoms with E-state index >= 15 is 0 Å². The van der Waals surface area contributed by atoms with Crippen LogP contribution in [0.15, 0.2) is 24.3 Å². The molecule has 1 aromatic carbocycles. The van der Waals surface area contributed by atoms with Crippen LogP contribution in [0.1, 0.15) is 5.56 Å². The third-order valence-corrected chi connectivity index (χ3v) is 3.17. The molecule has 0 saturated carbocycles. The maximum Gasteiger partial charge on any atom is 0.337 e. The number of nitrogens with zero attached hydrogens (tertiary/aromatic N) is 1. The molecule has 1 saturated heterocycles. The summed E-state index contributed by atoms with van der Waals surface area (Å²) in [6.07, 6.45) is 0.243. The van der Waals surface area contributed by atoms with Crippen LogP contribution in [0.2, 0.25) is 0 Å². The molecular formula is C13H16FNO3. The monoisotopic (exact) mass is 253 g/mol. The second-order valence-electron chi connectivity index (χ2n) is 4.69. The summed E-state index contributed by atoms with van der Waals surface area (Å²) in [7, 11) is 1.87. The summed E-state index contributed by atoms with van der Waals surface area (Å²) in [5.74, 6) is -1.30. The van der Waals surface area contributed by atoms with Crippen molar-refractivity contribution in [2.45, 2.75) is 12.0 Å². The van der Waals surface area contributed by atoms with Crippen molar-refractivity contribution in [1.82, 2.24) is 4.90 Å². The second kappa shape index (κ2) is 5.04. The van der Waals surface area contributed by atoms with E-state index in [2.05, 4.69) is 0 Å². The van der Waals surface area contributed by atoms with E-state index in [-0.39, 0.29) is 12.2 Å². The summed E-state index contributed by atoms with van der Waals surface area (Å²) >= 11 is 0. The number of carboxylic acid groups (broad SMARTS) is 1. The van der Waals surface area contributed by atoms with Crippen LogP contribution in [-0.4, -0.2) is 48.3 Å². The number of halogens is 1. The summed E-state index contributed by atoms with van der Waals surface area (Å²) in [6.45, 7) is 1.45. The lowest BCUT2D eigenvalue weighted by molar-refractivity contribution is -0.176. The quantitative estimate of drug-likeness (QED) is 0.878. The van der Waals surface area contributed by atoms with Crippen molar-refractivity contribution in [2.24, 2.45) is 0 Å². The predicted octanol–water partition coefficient (Wildman–Crippen LogP) is 1.15. The number of benzene rings is 1.